The maximum Gasteiger partial charge on any atom is 0.212 e. The molecule has 3 aromatic carbocycles. The minimum absolute atomic E-state index is 0.454. The van der Waals surface area contributed by atoms with E-state index in [1.54, 1.807) is 18.0 Å². The van der Waals surface area contributed by atoms with Gasteiger partial charge >= 0.3 is 0 Å². The number of aryl methyl sites for hydroxylation is 1. The quantitative estimate of drug-likeness (QED) is 0.123. The molecule has 0 amide bonds. The van der Waals surface area contributed by atoms with Gasteiger partial charge in [-0.15, -0.1) is 10.2 Å². The van der Waals surface area contributed by atoms with Crippen molar-refractivity contribution in [3.8, 4) is 11.5 Å². The molecule has 0 bridgehead atoms. The maximum absolute atomic E-state index is 6.05. The van der Waals surface area contributed by atoms with Crippen molar-refractivity contribution < 1.29 is 9.47 Å². The van der Waals surface area contributed by atoms with E-state index in [9.17, 15) is 0 Å². The minimum atomic E-state index is 0.454. The van der Waals surface area contributed by atoms with Crippen molar-refractivity contribution >= 4 is 45.5 Å². The zero-order valence-corrected chi connectivity index (χ0v) is 23.9. The van der Waals surface area contributed by atoms with Gasteiger partial charge in [0.1, 0.15) is 6.61 Å². The van der Waals surface area contributed by atoms with E-state index in [1.807, 2.05) is 78.3 Å². The molecule has 0 aliphatic heterocycles. The number of aromatic nitrogens is 3. The van der Waals surface area contributed by atoms with Crippen molar-refractivity contribution in [2.24, 2.45) is 5.10 Å². The third kappa shape index (κ3) is 7.84. The number of hydrogen-bond donors (Lipinski definition) is 0. The van der Waals surface area contributed by atoms with Gasteiger partial charge in [-0.05, 0) is 72.5 Å². The molecule has 0 unspecified atom stereocenters. The summed E-state index contributed by atoms with van der Waals surface area (Å²) < 4.78 is 14.8. The van der Waals surface area contributed by atoms with Crippen LogP contribution in [0.5, 0.6) is 11.5 Å². The van der Waals surface area contributed by atoms with Gasteiger partial charge in [-0.3, -0.25) is 0 Å². The summed E-state index contributed by atoms with van der Waals surface area (Å²) in [5.41, 5.74) is 3.13. The summed E-state index contributed by atoms with van der Waals surface area (Å²) in [5.74, 6) is 2.95. The first-order valence-electron chi connectivity index (χ1n) is 12.1. The highest BCUT2D eigenvalue weighted by Crippen LogP contribution is 2.29. The van der Waals surface area contributed by atoms with Crippen molar-refractivity contribution in [1.29, 1.82) is 0 Å². The monoisotopic (exact) mass is 598 g/mol. The molecule has 1 heterocycles. The molecule has 9 heteroatoms. The Labute approximate surface area is 235 Å². The van der Waals surface area contributed by atoms with Crippen LogP contribution in [-0.2, 0) is 18.8 Å². The number of nitrogens with zero attached hydrogens (tertiary/aromatic N) is 4. The molecule has 0 saturated heterocycles. The van der Waals surface area contributed by atoms with Crippen LogP contribution in [0.4, 0.5) is 0 Å². The average molecular weight is 600 g/mol. The van der Waals surface area contributed by atoms with E-state index in [-0.39, 0.29) is 0 Å². The molecule has 0 N–H and O–H groups in total. The van der Waals surface area contributed by atoms with Gasteiger partial charge in [-0.25, -0.2) is 0 Å². The summed E-state index contributed by atoms with van der Waals surface area (Å²) in [7, 11) is 0. The minimum Gasteiger partial charge on any atom is -0.490 e. The lowest BCUT2D eigenvalue weighted by atomic mass is 10.2. The van der Waals surface area contributed by atoms with Gasteiger partial charge in [-0.1, -0.05) is 70.5 Å². The Bertz CT molecular complexity index is 1330. The lowest BCUT2D eigenvalue weighted by molar-refractivity contribution is 0.269. The van der Waals surface area contributed by atoms with Crippen LogP contribution >= 0.6 is 39.3 Å². The Morgan fingerprint density at radius 3 is 2.43 bits per heavy atom. The molecule has 192 valence electrons. The molecule has 0 atom stereocenters. The van der Waals surface area contributed by atoms with Crippen molar-refractivity contribution in [3.05, 3.63) is 98.7 Å². The fraction of sp³-hybridized carbons (Fsp3) is 0.250. The zero-order chi connectivity index (χ0) is 26.0. The molecule has 4 aromatic rings. The lowest BCUT2D eigenvalue weighted by Gasteiger charge is -2.13. The van der Waals surface area contributed by atoms with Crippen molar-refractivity contribution in [2.75, 3.05) is 6.61 Å². The first kappa shape index (κ1) is 27.2. The number of ether oxygens (including phenoxy) is 2. The molecule has 37 heavy (non-hydrogen) atoms. The molecule has 0 saturated carbocycles. The van der Waals surface area contributed by atoms with Gasteiger partial charge in [0.2, 0.25) is 5.16 Å². The van der Waals surface area contributed by atoms with Crippen LogP contribution in [0.25, 0.3) is 0 Å². The van der Waals surface area contributed by atoms with E-state index in [1.165, 1.54) is 0 Å². The molecule has 0 radical (unpaired) electrons. The van der Waals surface area contributed by atoms with E-state index in [0.29, 0.717) is 24.7 Å². The van der Waals surface area contributed by atoms with Crippen LogP contribution in [0.2, 0.25) is 5.02 Å². The molecule has 0 aliphatic carbocycles. The second-order valence-corrected chi connectivity index (χ2v) is 10.5. The molecule has 6 nitrogen and oxygen atoms in total. The first-order valence-corrected chi connectivity index (χ1v) is 14.2. The summed E-state index contributed by atoms with van der Waals surface area (Å²) in [5, 5.41) is 15.0. The van der Waals surface area contributed by atoms with Crippen LogP contribution in [0.3, 0.4) is 0 Å². The average Bonchev–Trinajstić information content (AvgIpc) is 3.29. The summed E-state index contributed by atoms with van der Waals surface area (Å²) >= 11 is 11.1. The zero-order valence-electron chi connectivity index (χ0n) is 20.7. The van der Waals surface area contributed by atoms with Crippen molar-refractivity contribution in [1.82, 2.24) is 14.9 Å². The van der Waals surface area contributed by atoms with E-state index in [4.69, 9.17) is 26.2 Å². The van der Waals surface area contributed by atoms with Gasteiger partial charge in [0.15, 0.2) is 17.3 Å². The highest BCUT2D eigenvalue weighted by molar-refractivity contribution is 9.10. The summed E-state index contributed by atoms with van der Waals surface area (Å²) in [6.45, 7) is 5.06. The molecule has 0 fully saturated rings. The Hall–Kier alpha value is -2.81. The van der Waals surface area contributed by atoms with Crippen molar-refractivity contribution in [3.63, 3.8) is 0 Å². The standard InChI is InChI=1S/C28H28BrClN4O2S/c1-3-5-27-32-33-28(37-19-21-8-13-24(30)14-9-21)34(27)31-17-22-10-15-25(26(16-22)35-4-2)36-18-20-6-11-23(29)12-7-20/h6-17H,3-5,18-19H2,1-2H3/b31-17+. The third-order valence-corrected chi connectivity index (χ3v) is 7.10. The largest absolute Gasteiger partial charge is 0.490 e. The maximum atomic E-state index is 6.05. The fourth-order valence-corrected chi connectivity index (χ4v) is 4.72. The Morgan fingerprint density at radius 1 is 0.946 bits per heavy atom. The van der Waals surface area contributed by atoms with Gasteiger partial charge in [-0.2, -0.15) is 9.78 Å². The number of benzene rings is 3. The van der Waals surface area contributed by atoms with Gasteiger partial charge < -0.3 is 9.47 Å². The summed E-state index contributed by atoms with van der Waals surface area (Å²) in [6, 6.07) is 21.7. The third-order valence-electron chi connectivity index (χ3n) is 5.33. The van der Waals surface area contributed by atoms with Crippen molar-refractivity contribution in [2.45, 2.75) is 44.2 Å². The van der Waals surface area contributed by atoms with E-state index >= 15 is 0 Å². The highest BCUT2D eigenvalue weighted by Gasteiger charge is 2.12. The fourth-order valence-electron chi connectivity index (χ4n) is 3.47. The molecule has 0 aliphatic rings. The molecule has 4 rings (SSSR count). The van der Waals surface area contributed by atoms with E-state index in [2.05, 4.69) is 33.1 Å². The van der Waals surface area contributed by atoms with E-state index < -0.39 is 0 Å². The second kappa shape index (κ2) is 13.7. The van der Waals surface area contributed by atoms with E-state index in [0.717, 1.165) is 55.8 Å². The van der Waals surface area contributed by atoms with Crippen LogP contribution in [-0.4, -0.2) is 27.7 Å². The number of rotatable bonds is 12. The van der Waals surface area contributed by atoms with Crippen LogP contribution in [0, 0.1) is 0 Å². The summed E-state index contributed by atoms with van der Waals surface area (Å²) in [4.78, 5) is 0. The highest BCUT2D eigenvalue weighted by atomic mass is 79.9. The predicted molar refractivity (Wildman–Crippen MR) is 154 cm³/mol. The van der Waals surface area contributed by atoms with Gasteiger partial charge in [0.05, 0.1) is 12.8 Å². The Kier molecular flexibility index (Phi) is 10.0. The lowest BCUT2D eigenvalue weighted by Crippen LogP contribution is -2.02. The number of halogens is 2. The molecular formula is C28H28BrClN4O2S. The second-order valence-electron chi connectivity index (χ2n) is 8.17. The topological polar surface area (TPSA) is 61.5 Å². The van der Waals surface area contributed by atoms with Crippen LogP contribution in [0.15, 0.2) is 81.5 Å². The predicted octanol–water partition coefficient (Wildman–Crippen LogP) is 7.80. The first-order chi connectivity index (χ1) is 18.1. The Morgan fingerprint density at radius 2 is 1.70 bits per heavy atom. The molecule has 1 aromatic heterocycles. The number of hydrogen-bond acceptors (Lipinski definition) is 6. The molecular weight excluding hydrogens is 572 g/mol. The number of thioether (sulfide) groups is 1. The van der Waals surface area contributed by atoms with Gasteiger partial charge in [0.25, 0.3) is 0 Å². The SMILES string of the molecule is CCCc1nnc(SCc2ccc(Cl)cc2)n1/N=C/c1ccc(OCc2ccc(Br)cc2)c(OCC)c1. The van der Waals surface area contributed by atoms with Crippen LogP contribution in [0.1, 0.15) is 42.8 Å². The summed E-state index contributed by atoms with van der Waals surface area (Å²) in [6.07, 6.45) is 3.54. The smallest absolute Gasteiger partial charge is 0.212 e. The Balaban J connectivity index is 1.50. The molecule has 0 spiro atoms. The van der Waals surface area contributed by atoms with Gasteiger partial charge in [0, 0.05) is 21.7 Å². The van der Waals surface area contributed by atoms with Crippen LogP contribution < -0.4 is 9.47 Å². The normalized spacial score (nSPS) is 11.2.